The highest BCUT2D eigenvalue weighted by Crippen LogP contribution is 2.33. The summed E-state index contributed by atoms with van der Waals surface area (Å²) >= 11 is 1.50. The zero-order valence-electron chi connectivity index (χ0n) is 19.0. The first-order valence-corrected chi connectivity index (χ1v) is 13.2. The molecule has 174 valence electrons. The molecule has 1 saturated carbocycles. The quantitative estimate of drug-likeness (QED) is 0.480. The number of aromatic nitrogens is 3. The topological polar surface area (TPSA) is 69.0 Å². The normalized spacial score (nSPS) is 19.2. The minimum absolute atomic E-state index is 0.0318. The van der Waals surface area contributed by atoms with Crippen LogP contribution in [0.4, 0.5) is 0 Å². The molecule has 1 saturated heterocycles. The van der Waals surface area contributed by atoms with Crippen molar-refractivity contribution < 1.29 is 9.53 Å². The number of fused-ring (bicyclic) bond motifs is 1. The van der Waals surface area contributed by atoms with Crippen LogP contribution < -0.4 is 5.32 Å². The molecule has 5 rings (SSSR count). The summed E-state index contributed by atoms with van der Waals surface area (Å²) in [6, 6.07) is 15.4. The van der Waals surface area contributed by atoms with Gasteiger partial charge in [-0.3, -0.25) is 4.79 Å². The molecule has 0 spiro atoms. The van der Waals surface area contributed by atoms with Crippen molar-refractivity contribution in [2.24, 2.45) is 0 Å². The zero-order chi connectivity index (χ0) is 22.5. The largest absolute Gasteiger partial charge is 0.376 e. The van der Waals surface area contributed by atoms with E-state index in [9.17, 15) is 4.79 Å². The van der Waals surface area contributed by atoms with Crippen LogP contribution in [0.25, 0.3) is 10.8 Å². The van der Waals surface area contributed by atoms with Crippen molar-refractivity contribution in [3.8, 4) is 0 Å². The van der Waals surface area contributed by atoms with E-state index in [0.29, 0.717) is 18.3 Å². The molecule has 1 amide bonds. The number of hydrogen-bond acceptors (Lipinski definition) is 5. The van der Waals surface area contributed by atoms with Crippen molar-refractivity contribution in [1.82, 2.24) is 20.1 Å². The lowest BCUT2D eigenvalue weighted by Crippen LogP contribution is -2.33. The van der Waals surface area contributed by atoms with E-state index >= 15 is 0 Å². The van der Waals surface area contributed by atoms with Gasteiger partial charge in [-0.1, -0.05) is 73.5 Å². The average Bonchev–Trinajstić information content (AvgIpc) is 3.52. The molecule has 2 aliphatic rings. The molecule has 33 heavy (non-hydrogen) atoms. The molecule has 1 aromatic heterocycles. The Morgan fingerprint density at radius 3 is 2.73 bits per heavy atom. The molecule has 0 radical (unpaired) electrons. The number of carbonyl (C=O) groups excluding carboxylic acids is 1. The number of rotatable bonds is 8. The molecule has 3 aromatic rings. The monoisotopic (exact) mass is 464 g/mol. The third kappa shape index (κ3) is 5.41. The first-order valence-electron chi connectivity index (χ1n) is 12.2. The standard InChI is InChI=1S/C26H32N4O2S/c31-25(27-17-22-13-7-15-32-22)18-33-26-29-28-24(30(26)21-11-2-1-3-12-21)16-20-10-6-9-19-8-4-5-14-23(19)20/h4-6,8-10,14,21-22H,1-3,7,11-13,15-18H2,(H,27,31)/t22-/m0/s1. The maximum atomic E-state index is 12.5. The van der Waals surface area contributed by atoms with Crippen LogP contribution in [-0.2, 0) is 16.0 Å². The maximum absolute atomic E-state index is 12.5. The van der Waals surface area contributed by atoms with Crippen molar-refractivity contribution in [2.45, 2.75) is 68.7 Å². The Kier molecular flexibility index (Phi) is 7.27. The fourth-order valence-electron chi connectivity index (χ4n) is 5.06. The van der Waals surface area contributed by atoms with Crippen molar-refractivity contribution in [2.75, 3.05) is 18.9 Å². The van der Waals surface area contributed by atoms with Gasteiger partial charge in [0.15, 0.2) is 5.16 Å². The second-order valence-electron chi connectivity index (χ2n) is 9.10. The van der Waals surface area contributed by atoms with Crippen LogP contribution >= 0.6 is 11.8 Å². The lowest BCUT2D eigenvalue weighted by molar-refractivity contribution is -0.119. The molecule has 1 atom stereocenters. The van der Waals surface area contributed by atoms with Crippen LogP contribution in [0.2, 0.25) is 0 Å². The van der Waals surface area contributed by atoms with E-state index in [1.807, 2.05) is 0 Å². The van der Waals surface area contributed by atoms with Crippen LogP contribution in [0.5, 0.6) is 0 Å². The summed E-state index contributed by atoms with van der Waals surface area (Å²) in [5, 5.41) is 15.6. The molecular weight excluding hydrogens is 432 g/mol. The zero-order valence-corrected chi connectivity index (χ0v) is 19.9. The predicted octanol–water partition coefficient (Wildman–Crippen LogP) is 4.91. The highest BCUT2D eigenvalue weighted by Gasteiger charge is 2.24. The Morgan fingerprint density at radius 2 is 1.88 bits per heavy atom. The van der Waals surface area contributed by atoms with Gasteiger partial charge in [0, 0.05) is 25.6 Å². The van der Waals surface area contributed by atoms with Crippen LogP contribution in [0.15, 0.2) is 47.6 Å². The first kappa shape index (κ1) is 22.4. The van der Waals surface area contributed by atoms with E-state index in [2.05, 4.69) is 62.5 Å². The van der Waals surface area contributed by atoms with E-state index in [4.69, 9.17) is 4.74 Å². The predicted molar refractivity (Wildman–Crippen MR) is 132 cm³/mol. The first-order chi connectivity index (χ1) is 16.3. The van der Waals surface area contributed by atoms with E-state index in [1.54, 1.807) is 0 Å². The van der Waals surface area contributed by atoms with Gasteiger partial charge in [0.1, 0.15) is 5.82 Å². The Bertz CT molecular complexity index is 1080. The van der Waals surface area contributed by atoms with E-state index < -0.39 is 0 Å². The molecule has 2 heterocycles. The van der Waals surface area contributed by atoms with Gasteiger partial charge < -0.3 is 14.6 Å². The summed E-state index contributed by atoms with van der Waals surface area (Å²) < 4.78 is 7.94. The van der Waals surface area contributed by atoms with Gasteiger partial charge in [-0.25, -0.2) is 0 Å². The Morgan fingerprint density at radius 1 is 1.03 bits per heavy atom. The fourth-order valence-corrected chi connectivity index (χ4v) is 5.92. The van der Waals surface area contributed by atoms with Crippen LogP contribution in [0.3, 0.4) is 0 Å². The Hall–Kier alpha value is -2.38. The highest BCUT2D eigenvalue weighted by atomic mass is 32.2. The third-order valence-corrected chi connectivity index (χ3v) is 7.73. The summed E-state index contributed by atoms with van der Waals surface area (Å²) in [5.41, 5.74) is 1.27. The van der Waals surface area contributed by atoms with E-state index in [-0.39, 0.29) is 12.0 Å². The van der Waals surface area contributed by atoms with Crippen LogP contribution in [-0.4, -0.2) is 45.7 Å². The summed E-state index contributed by atoms with van der Waals surface area (Å²) in [6.45, 7) is 1.40. The highest BCUT2D eigenvalue weighted by molar-refractivity contribution is 7.99. The van der Waals surface area contributed by atoms with Gasteiger partial charge in [-0.15, -0.1) is 10.2 Å². The lowest BCUT2D eigenvalue weighted by Gasteiger charge is -2.25. The molecular formula is C26H32N4O2S. The van der Waals surface area contributed by atoms with E-state index in [1.165, 1.54) is 47.4 Å². The number of thioether (sulfide) groups is 1. The van der Waals surface area contributed by atoms with Crippen molar-refractivity contribution in [3.05, 3.63) is 53.9 Å². The second kappa shape index (κ2) is 10.7. The molecule has 2 fully saturated rings. The van der Waals surface area contributed by atoms with E-state index in [0.717, 1.165) is 49.7 Å². The average molecular weight is 465 g/mol. The molecule has 1 aliphatic heterocycles. The fraction of sp³-hybridized carbons (Fsp3) is 0.500. The SMILES string of the molecule is O=C(CSc1nnc(Cc2cccc3ccccc23)n1C1CCCCC1)NC[C@@H]1CCCO1. The van der Waals surface area contributed by atoms with Crippen molar-refractivity contribution >= 4 is 28.4 Å². The minimum atomic E-state index is 0.0318. The van der Waals surface area contributed by atoms with Gasteiger partial charge >= 0.3 is 0 Å². The molecule has 2 aromatic carbocycles. The smallest absolute Gasteiger partial charge is 0.230 e. The van der Waals surface area contributed by atoms with Gasteiger partial charge in [-0.05, 0) is 42.0 Å². The molecule has 6 nitrogen and oxygen atoms in total. The molecule has 0 bridgehead atoms. The van der Waals surface area contributed by atoms with Crippen LogP contribution in [0, 0.1) is 0 Å². The summed E-state index contributed by atoms with van der Waals surface area (Å²) in [5.74, 6) is 1.39. The van der Waals surface area contributed by atoms with Crippen molar-refractivity contribution in [3.63, 3.8) is 0 Å². The summed E-state index contributed by atoms with van der Waals surface area (Å²) in [4.78, 5) is 12.5. The minimum Gasteiger partial charge on any atom is -0.376 e. The van der Waals surface area contributed by atoms with Gasteiger partial charge in [0.2, 0.25) is 5.91 Å². The Labute approximate surface area is 199 Å². The van der Waals surface area contributed by atoms with Gasteiger partial charge in [0.05, 0.1) is 11.9 Å². The second-order valence-corrected chi connectivity index (χ2v) is 10.0. The Balaban J connectivity index is 1.33. The lowest BCUT2D eigenvalue weighted by atomic mass is 9.95. The number of hydrogen-bond donors (Lipinski definition) is 1. The summed E-state index contributed by atoms with van der Waals surface area (Å²) in [6.07, 6.45) is 9.10. The van der Waals surface area contributed by atoms with Crippen LogP contribution in [0.1, 0.15) is 62.4 Å². The molecule has 1 N–H and O–H groups in total. The number of amides is 1. The van der Waals surface area contributed by atoms with Crippen molar-refractivity contribution in [1.29, 1.82) is 0 Å². The molecule has 7 heteroatoms. The van der Waals surface area contributed by atoms with Gasteiger partial charge in [-0.2, -0.15) is 0 Å². The van der Waals surface area contributed by atoms with Gasteiger partial charge in [0.25, 0.3) is 0 Å². The maximum Gasteiger partial charge on any atom is 0.230 e. The number of benzene rings is 2. The number of nitrogens with zero attached hydrogens (tertiary/aromatic N) is 3. The number of carbonyl (C=O) groups is 1. The molecule has 1 aliphatic carbocycles. The number of ether oxygens (including phenoxy) is 1. The third-order valence-electron chi connectivity index (χ3n) is 6.79. The number of nitrogens with one attached hydrogen (secondary N) is 1. The molecule has 0 unspecified atom stereocenters. The summed E-state index contributed by atoms with van der Waals surface area (Å²) in [7, 11) is 0.